The van der Waals surface area contributed by atoms with E-state index in [0.717, 1.165) is 30.8 Å². The van der Waals surface area contributed by atoms with Crippen LogP contribution in [-0.4, -0.2) is 59.6 Å². The molecule has 168 valence electrons. The summed E-state index contributed by atoms with van der Waals surface area (Å²) in [6.07, 6.45) is 3.41. The molecule has 0 spiro atoms. The van der Waals surface area contributed by atoms with Gasteiger partial charge < -0.3 is 10.2 Å². The molecule has 0 bridgehead atoms. The van der Waals surface area contributed by atoms with E-state index in [1.54, 1.807) is 4.52 Å². The van der Waals surface area contributed by atoms with Crippen LogP contribution in [0.3, 0.4) is 0 Å². The Hall–Kier alpha value is -2.94. The monoisotopic (exact) mass is 453 g/mol. The van der Waals surface area contributed by atoms with Crippen LogP contribution in [0.5, 0.6) is 0 Å². The summed E-state index contributed by atoms with van der Waals surface area (Å²) in [6.45, 7) is 6.11. The smallest absolute Gasteiger partial charge is 0.291 e. The van der Waals surface area contributed by atoms with Gasteiger partial charge in [0.2, 0.25) is 5.82 Å². The van der Waals surface area contributed by atoms with Crippen LogP contribution >= 0.6 is 0 Å². The third-order valence-corrected chi connectivity index (χ3v) is 8.45. The number of rotatable bonds is 4. The highest BCUT2D eigenvalue weighted by atomic mass is 32.2. The van der Waals surface area contributed by atoms with E-state index in [1.165, 1.54) is 5.56 Å². The minimum atomic E-state index is -3.07. The Kier molecular flexibility index (Phi) is 4.96. The molecule has 0 saturated carbocycles. The number of nitrogens with one attached hydrogen (secondary N) is 1. The molecule has 32 heavy (non-hydrogen) atoms. The van der Waals surface area contributed by atoms with E-state index >= 15 is 0 Å². The molecule has 1 aromatic carbocycles. The second kappa shape index (κ2) is 7.58. The Morgan fingerprint density at radius 2 is 2.03 bits per heavy atom. The van der Waals surface area contributed by atoms with E-state index in [9.17, 15) is 13.2 Å². The van der Waals surface area contributed by atoms with Gasteiger partial charge in [0.1, 0.15) is 0 Å². The minimum Gasteiger partial charge on any atom is -0.369 e. The number of hydrogen-bond donors (Lipinski definition) is 1. The molecule has 4 heterocycles. The van der Waals surface area contributed by atoms with Crippen molar-refractivity contribution in [2.45, 2.75) is 38.1 Å². The van der Waals surface area contributed by atoms with E-state index in [-0.39, 0.29) is 28.8 Å². The largest absolute Gasteiger partial charge is 0.369 e. The molecule has 8 nitrogen and oxygen atoms in total. The van der Waals surface area contributed by atoms with Crippen molar-refractivity contribution in [3.05, 3.63) is 59.5 Å². The number of carbonyl (C=O) groups excluding carboxylic acids is 1. The molecule has 0 radical (unpaired) electrons. The minimum absolute atomic E-state index is 0.0234. The molecule has 1 N–H and O–H groups in total. The number of sulfone groups is 1. The molecule has 5 rings (SSSR count). The van der Waals surface area contributed by atoms with Crippen LogP contribution in [0.4, 0.5) is 5.69 Å². The summed E-state index contributed by atoms with van der Waals surface area (Å²) in [5.41, 5.74) is 4.04. The van der Waals surface area contributed by atoms with Gasteiger partial charge in [-0.25, -0.2) is 17.9 Å². The Morgan fingerprint density at radius 1 is 1.25 bits per heavy atom. The number of aromatic nitrogens is 3. The van der Waals surface area contributed by atoms with Crippen LogP contribution in [0, 0.1) is 6.92 Å². The van der Waals surface area contributed by atoms with Crippen LogP contribution in [-0.2, 0) is 15.3 Å². The molecule has 2 aromatic heterocycles. The number of aryl methyl sites for hydroxylation is 1. The summed E-state index contributed by atoms with van der Waals surface area (Å²) in [5.74, 6) is -0.291. The lowest BCUT2D eigenvalue weighted by Crippen LogP contribution is -2.36. The van der Waals surface area contributed by atoms with Gasteiger partial charge in [-0.2, -0.15) is 0 Å². The van der Waals surface area contributed by atoms with Gasteiger partial charge in [-0.1, -0.05) is 37.3 Å². The van der Waals surface area contributed by atoms with Crippen molar-refractivity contribution in [1.29, 1.82) is 0 Å². The zero-order valence-electron chi connectivity index (χ0n) is 18.3. The van der Waals surface area contributed by atoms with E-state index in [2.05, 4.69) is 57.6 Å². The van der Waals surface area contributed by atoms with Crippen LogP contribution in [0.15, 0.2) is 42.6 Å². The highest BCUT2D eigenvalue weighted by Crippen LogP contribution is 2.36. The second-order valence-corrected chi connectivity index (χ2v) is 11.5. The molecule has 0 aliphatic carbocycles. The number of fused-ring (bicyclic) bond motifs is 1. The lowest BCUT2D eigenvalue weighted by molar-refractivity contribution is 0.0931. The fourth-order valence-corrected chi connectivity index (χ4v) is 6.49. The molecule has 9 heteroatoms. The van der Waals surface area contributed by atoms with Gasteiger partial charge in [-0.3, -0.25) is 4.79 Å². The maximum Gasteiger partial charge on any atom is 0.291 e. The standard InChI is InChI=1S/C23H27N5O3S/c1-16-12-19(27-10-9-23(2,15-27)17-6-4-3-5-7-17)13-28-21(16)25-20(26-28)22(29)24-18-8-11-32(30,31)14-18/h3-7,12-13,18H,8-11,14-15H2,1-2H3,(H,24,29)/t18?,23-/m0/s1. The number of pyridine rings is 1. The Bertz CT molecular complexity index is 1290. The van der Waals surface area contributed by atoms with Gasteiger partial charge >= 0.3 is 0 Å². The molecule has 1 amide bonds. The summed E-state index contributed by atoms with van der Waals surface area (Å²) in [5, 5.41) is 7.16. The number of hydrogen-bond acceptors (Lipinski definition) is 6. The van der Waals surface area contributed by atoms with Crippen molar-refractivity contribution in [2.24, 2.45) is 0 Å². The topological polar surface area (TPSA) is 96.7 Å². The van der Waals surface area contributed by atoms with Gasteiger partial charge in [0.25, 0.3) is 5.91 Å². The predicted molar refractivity (Wildman–Crippen MR) is 123 cm³/mol. The van der Waals surface area contributed by atoms with Crippen LogP contribution < -0.4 is 10.2 Å². The van der Waals surface area contributed by atoms with Crippen LogP contribution in [0.2, 0.25) is 0 Å². The van der Waals surface area contributed by atoms with E-state index in [1.807, 2.05) is 19.2 Å². The molecule has 2 aliphatic heterocycles. The van der Waals surface area contributed by atoms with Crippen molar-refractivity contribution < 1.29 is 13.2 Å². The zero-order valence-corrected chi connectivity index (χ0v) is 19.1. The van der Waals surface area contributed by atoms with Crippen LogP contribution in [0.25, 0.3) is 5.65 Å². The molecule has 1 unspecified atom stereocenters. The van der Waals surface area contributed by atoms with Gasteiger partial charge in [0.15, 0.2) is 15.5 Å². The van der Waals surface area contributed by atoms with E-state index in [4.69, 9.17) is 0 Å². The van der Waals surface area contributed by atoms with Crippen molar-refractivity contribution in [3.8, 4) is 0 Å². The van der Waals surface area contributed by atoms with E-state index in [0.29, 0.717) is 12.1 Å². The zero-order chi connectivity index (χ0) is 22.5. The number of carbonyl (C=O) groups is 1. The third-order valence-electron chi connectivity index (χ3n) is 6.68. The maximum absolute atomic E-state index is 12.6. The fourth-order valence-electron chi connectivity index (χ4n) is 4.82. The molecule has 2 saturated heterocycles. The number of nitrogens with zero attached hydrogens (tertiary/aromatic N) is 4. The van der Waals surface area contributed by atoms with Gasteiger partial charge in [-0.05, 0) is 37.0 Å². The highest BCUT2D eigenvalue weighted by molar-refractivity contribution is 7.91. The second-order valence-electron chi connectivity index (χ2n) is 9.26. The molecule has 2 aliphatic rings. The average molecular weight is 454 g/mol. The quantitative estimate of drug-likeness (QED) is 0.650. The van der Waals surface area contributed by atoms with Crippen molar-refractivity contribution >= 4 is 27.1 Å². The molecule has 2 fully saturated rings. The lowest BCUT2D eigenvalue weighted by atomic mass is 9.82. The normalized spacial score (nSPS) is 24.8. The van der Waals surface area contributed by atoms with Gasteiger partial charge in [0, 0.05) is 24.5 Å². The first kappa shape index (κ1) is 20.9. The summed E-state index contributed by atoms with van der Waals surface area (Å²) >= 11 is 0. The Balaban J connectivity index is 1.37. The number of benzene rings is 1. The van der Waals surface area contributed by atoms with Crippen LogP contribution in [0.1, 0.15) is 41.5 Å². The summed E-state index contributed by atoms with van der Waals surface area (Å²) in [7, 11) is -3.07. The lowest BCUT2D eigenvalue weighted by Gasteiger charge is -2.26. The molecule has 2 atom stereocenters. The summed E-state index contributed by atoms with van der Waals surface area (Å²) in [6, 6.07) is 12.3. The first-order valence-corrected chi connectivity index (χ1v) is 12.7. The Morgan fingerprint density at radius 3 is 2.75 bits per heavy atom. The average Bonchev–Trinajstić information content (AvgIpc) is 3.46. The highest BCUT2D eigenvalue weighted by Gasteiger charge is 2.36. The molecular weight excluding hydrogens is 426 g/mol. The van der Waals surface area contributed by atoms with Crippen molar-refractivity contribution in [2.75, 3.05) is 29.5 Å². The first-order chi connectivity index (χ1) is 15.2. The first-order valence-electron chi connectivity index (χ1n) is 10.9. The van der Waals surface area contributed by atoms with Gasteiger partial charge in [-0.15, -0.1) is 5.10 Å². The number of anilines is 1. The predicted octanol–water partition coefficient (Wildman–Crippen LogP) is 2.12. The summed E-state index contributed by atoms with van der Waals surface area (Å²) in [4.78, 5) is 19.4. The van der Waals surface area contributed by atoms with Gasteiger partial charge in [0.05, 0.1) is 23.4 Å². The Labute approximate surface area is 187 Å². The molecule has 3 aromatic rings. The fraction of sp³-hybridized carbons (Fsp3) is 0.435. The summed E-state index contributed by atoms with van der Waals surface area (Å²) < 4.78 is 25.0. The third kappa shape index (κ3) is 3.85. The maximum atomic E-state index is 12.6. The molecular formula is C23H27N5O3S. The van der Waals surface area contributed by atoms with Crippen molar-refractivity contribution in [3.63, 3.8) is 0 Å². The van der Waals surface area contributed by atoms with Crippen molar-refractivity contribution in [1.82, 2.24) is 19.9 Å². The number of amides is 1. The SMILES string of the molecule is Cc1cc(N2CC[C@](C)(c3ccccc3)C2)cn2nc(C(=O)NC3CCS(=O)(=O)C3)nc12. The van der Waals surface area contributed by atoms with E-state index < -0.39 is 15.7 Å².